The van der Waals surface area contributed by atoms with Crippen molar-refractivity contribution < 1.29 is 9.90 Å². The van der Waals surface area contributed by atoms with Gasteiger partial charge >= 0.3 is 0 Å². The van der Waals surface area contributed by atoms with Gasteiger partial charge < -0.3 is 16.2 Å². The Morgan fingerprint density at radius 3 is 3.08 bits per heavy atom. The summed E-state index contributed by atoms with van der Waals surface area (Å²) in [6.07, 6.45) is 5.79. The quantitative estimate of drug-likeness (QED) is 0.777. The minimum atomic E-state index is -0.155. The number of pyridine rings is 1. The van der Waals surface area contributed by atoms with E-state index < -0.39 is 0 Å². The number of nitrogens with zero attached hydrogens (tertiary/aromatic N) is 3. The smallest absolute Gasteiger partial charge is 0.227 e. The Labute approximate surface area is 140 Å². The molecule has 3 heterocycles. The standard InChI is InChI=1S/C17H23N5O2/c1-11-3-2-4-13(18)14-9-12(5-6-19-14)16-15(21-17(11)24)10-20-22(16)7-8-23/h5-6,9-11,13,23H,2-4,7-8,18H2,1H3,(H,21,24)/t11-,13+/m1/s1. The fourth-order valence-electron chi connectivity index (χ4n) is 3.02. The molecule has 1 aliphatic rings. The lowest BCUT2D eigenvalue weighted by atomic mass is 9.97. The normalized spacial score (nSPS) is 21.4. The van der Waals surface area contributed by atoms with Crippen LogP contribution in [-0.4, -0.2) is 32.4 Å². The summed E-state index contributed by atoms with van der Waals surface area (Å²) in [5.41, 5.74) is 9.38. The van der Waals surface area contributed by atoms with Crippen molar-refractivity contribution in [3.63, 3.8) is 0 Å². The summed E-state index contributed by atoms with van der Waals surface area (Å²) in [4.78, 5) is 16.8. The van der Waals surface area contributed by atoms with Crippen LogP contribution in [0.1, 0.15) is 37.9 Å². The summed E-state index contributed by atoms with van der Waals surface area (Å²) in [5, 5.41) is 16.6. The fraction of sp³-hybridized carbons (Fsp3) is 0.471. The molecule has 2 atom stereocenters. The molecular formula is C17H23N5O2. The number of hydrogen-bond acceptors (Lipinski definition) is 5. The van der Waals surface area contributed by atoms with E-state index in [2.05, 4.69) is 15.4 Å². The molecule has 128 valence electrons. The lowest BCUT2D eigenvalue weighted by Gasteiger charge is -2.18. The maximum Gasteiger partial charge on any atom is 0.227 e. The molecule has 1 aliphatic heterocycles. The number of hydrogen-bond donors (Lipinski definition) is 3. The van der Waals surface area contributed by atoms with Gasteiger partial charge in [0.1, 0.15) is 0 Å². The minimum Gasteiger partial charge on any atom is -0.394 e. The predicted octanol–water partition coefficient (Wildman–Crippen LogP) is 1.70. The van der Waals surface area contributed by atoms with Crippen molar-refractivity contribution in [1.29, 1.82) is 0 Å². The van der Waals surface area contributed by atoms with Crippen LogP contribution >= 0.6 is 0 Å². The zero-order valence-corrected chi connectivity index (χ0v) is 13.8. The maximum atomic E-state index is 12.4. The first kappa shape index (κ1) is 16.6. The molecule has 1 amide bonds. The van der Waals surface area contributed by atoms with Crippen LogP contribution in [0.25, 0.3) is 11.3 Å². The SMILES string of the molecule is C[C@@H]1CCC[C@H](N)c2cc(ccn2)-c2c(cnn2CCO)NC1=O. The Hall–Kier alpha value is -2.25. The molecule has 0 aromatic carbocycles. The Kier molecular flexibility index (Phi) is 4.92. The van der Waals surface area contributed by atoms with Gasteiger partial charge in [0, 0.05) is 23.7 Å². The highest BCUT2D eigenvalue weighted by atomic mass is 16.3. The van der Waals surface area contributed by atoms with Crippen LogP contribution in [0.5, 0.6) is 0 Å². The topological polar surface area (TPSA) is 106 Å². The third-order valence-corrected chi connectivity index (χ3v) is 4.44. The summed E-state index contributed by atoms with van der Waals surface area (Å²) in [5.74, 6) is -0.125. The second kappa shape index (κ2) is 7.11. The fourth-order valence-corrected chi connectivity index (χ4v) is 3.02. The number of nitrogens with one attached hydrogen (secondary N) is 1. The number of nitrogens with two attached hydrogens (primary N) is 1. The molecular weight excluding hydrogens is 306 g/mol. The molecule has 0 unspecified atom stereocenters. The van der Waals surface area contributed by atoms with Gasteiger partial charge in [-0.15, -0.1) is 0 Å². The number of anilines is 1. The molecule has 0 radical (unpaired) electrons. The molecule has 2 aromatic heterocycles. The molecule has 24 heavy (non-hydrogen) atoms. The molecule has 0 spiro atoms. The van der Waals surface area contributed by atoms with Crippen LogP contribution in [0.4, 0.5) is 5.69 Å². The zero-order chi connectivity index (χ0) is 17.1. The van der Waals surface area contributed by atoms with Crippen LogP contribution in [0.3, 0.4) is 0 Å². The predicted molar refractivity (Wildman–Crippen MR) is 91.1 cm³/mol. The number of carbonyl (C=O) groups excluding carboxylic acids is 1. The zero-order valence-electron chi connectivity index (χ0n) is 13.8. The summed E-state index contributed by atoms with van der Waals surface area (Å²) >= 11 is 0. The van der Waals surface area contributed by atoms with E-state index in [9.17, 15) is 9.90 Å². The highest BCUT2D eigenvalue weighted by Gasteiger charge is 2.21. The number of aliphatic hydroxyl groups excluding tert-OH is 1. The van der Waals surface area contributed by atoms with Gasteiger partial charge in [0.15, 0.2) is 0 Å². The number of rotatable bonds is 2. The van der Waals surface area contributed by atoms with Crippen molar-refractivity contribution in [2.45, 2.75) is 38.8 Å². The molecule has 3 rings (SSSR count). The van der Waals surface area contributed by atoms with Crippen molar-refractivity contribution in [2.24, 2.45) is 11.7 Å². The van der Waals surface area contributed by atoms with Gasteiger partial charge in [0.05, 0.1) is 36.4 Å². The Balaban J connectivity index is 2.11. The largest absolute Gasteiger partial charge is 0.394 e. The van der Waals surface area contributed by atoms with Crippen LogP contribution in [0.15, 0.2) is 24.5 Å². The summed E-state index contributed by atoms with van der Waals surface area (Å²) in [6, 6.07) is 3.65. The van der Waals surface area contributed by atoms with Crippen LogP contribution in [0.2, 0.25) is 0 Å². The average Bonchev–Trinajstić information content (AvgIpc) is 2.96. The highest BCUT2D eigenvalue weighted by molar-refractivity contribution is 5.95. The van der Waals surface area contributed by atoms with Gasteiger partial charge in [-0.2, -0.15) is 5.10 Å². The Bertz CT molecular complexity index is 728. The van der Waals surface area contributed by atoms with E-state index >= 15 is 0 Å². The summed E-state index contributed by atoms with van der Waals surface area (Å²) in [6.45, 7) is 2.24. The lowest BCUT2D eigenvalue weighted by Crippen LogP contribution is -2.22. The third kappa shape index (κ3) is 3.32. The number of aromatic nitrogens is 3. The van der Waals surface area contributed by atoms with Crippen molar-refractivity contribution in [1.82, 2.24) is 14.8 Å². The molecule has 0 aliphatic carbocycles. The number of amides is 1. The number of carbonyl (C=O) groups is 1. The van der Waals surface area contributed by atoms with E-state index in [-0.39, 0.29) is 24.5 Å². The van der Waals surface area contributed by atoms with Crippen molar-refractivity contribution >= 4 is 11.6 Å². The van der Waals surface area contributed by atoms with Crippen LogP contribution in [-0.2, 0) is 11.3 Å². The monoisotopic (exact) mass is 329 g/mol. The summed E-state index contributed by atoms with van der Waals surface area (Å²) in [7, 11) is 0. The van der Waals surface area contributed by atoms with Gasteiger partial charge in [-0.05, 0) is 25.0 Å². The first-order valence-electron chi connectivity index (χ1n) is 8.29. The lowest BCUT2D eigenvalue weighted by molar-refractivity contribution is -0.119. The minimum absolute atomic E-state index is 0.0248. The first-order valence-corrected chi connectivity index (χ1v) is 8.29. The second-order valence-electron chi connectivity index (χ2n) is 6.25. The first-order chi connectivity index (χ1) is 11.6. The molecule has 4 N–H and O–H groups in total. The van der Waals surface area contributed by atoms with Gasteiger partial charge in [-0.3, -0.25) is 14.5 Å². The maximum absolute atomic E-state index is 12.4. The van der Waals surface area contributed by atoms with Crippen LogP contribution in [0, 0.1) is 5.92 Å². The van der Waals surface area contributed by atoms with E-state index in [1.165, 1.54) is 0 Å². The van der Waals surface area contributed by atoms with E-state index in [1.807, 2.05) is 19.1 Å². The third-order valence-electron chi connectivity index (χ3n) is 4.44. The van der Waals surface area contributed by atoms with Gasteiger partial charge in [-0.1, -0.05) is 13.3 Å². The Morgan fingerprint density at radius 1 is 1.46 bits per heavy atom. The molecule has 7 nitrogen and oxygen atoms in total. The van der Waals surface area contributed by atoms with Crippen molar-refractivity contribution in [2.75, 3.05) is 11.9 Å². The van der Waals surface area contributed by atoms with Gasteiger partial charge in [0.2, 0.25) is 5.91 Å². The molecule has 0 fully saturated rings. The second-order valence-corrected chi connectivity index (χ2v) is 6.25. The van der Waals surface area contributed by atoms with Gasteiger partial charge in [0.25, 0.3) is 0 Å². The van der Waals surface area contributed by atoms with E-state index in [1.54, 1.807) is 17.1 Å². The Morgan fingerprint density at radius 2 is 2.29 bits per heavy atom. The molecule has 2 aromatic rings. The molecule has 2 bridgehead atoms. The highest BCUT2D eigenvalue weighted by Crippen LogP contribution is 2.31. The average molecular weight is 329 g/mol. The molecule has 0 saturated heterocycles. The summed E-state index contributed by atoms with van der Waals surface area (Å²) < 4.78 is 1.69. The molecule has 7 heteroatoms. The van der Waals surface area contributed by atoms with E-state index in [4.69, 9.17) is 5.73 Å². The molecule has 0 saturated carbocycles. The van der Waals surface area contributed by atoms with E-state index in [0.29, 0.717) is 12.2 Å². The van der Waals surface area contributed by atoms with Crippen LogP contribution < -0.4 is 11.1 Å². The van der Waals surface area contributed by atoms with Crippen molar-refractivity contribution in [3.8, 4) is 11.3 Å². The van der Waals surface area contributed by atoms with Crippen molar-refractivity contribution in [3.05, 3.63) is 30.2 Å². The van der Waals surface area contributed by atoms with E-state index in [0.717, 1.165) is 36.2 Å². The van der Waals surface area contributed by atoms with Gasteiger partial charge in [-0.25, -0.2) is 0 Å². The number of aliphatic hydroxyl groups is 1. The number of fused-ring (bicyclic) bond motifs is 4.